The first kappa shape index (κ1) is 34.4. The van der Waals surface area contributed by atoms with Gasteiger partial charge in [0.15, 0.2) is 0 Å². The van der Waals surface area contributed by atoms with Crippen molar-refractivity contribution in [3.05, 3.63) is 130 Å². The van der Waals surface area contributed by atoms with Gasteiger partial charge in [0.05, 0.1) is 12.8 Å². The van der Waals surface area contributed by atoms with E-state index in [0.29, 0.717) is 38.8 Å². The first-order valence-corrected chi connectivity index (χ1v) is 17.4. The Kier molecular flexibility index (Phi) is 10.9. The van der Waals surface area contributed by atoms with Gasteiger partial charge in [0.1, 0.15) is 12.1 Å². The van der Waals surface area contributed by atoms with Crippen molar-refractivity contribution < 1.29 is 19.2 Å². The lowest BCUT2D eigenvalue weighted by Crippen LogP contribution is -2.43. The average Bonchev–Trinajstić information content (AvgIpc) is 3.82. The number of nitrogens with zero attached hydrogens (tertiary/aromatic N) is 2. The Labute approximate surface area is 294 Å². The van der Waals surface area contributed by atoms with Crippen LogP contribution in [0.2, 0.25) is 0 Å². The highest BCUT2D eigenvalue weighted by atomic mass is 16.2. The number of benzene rings is 4. The number of amides is 4. The number of nitrogens with one attached hydrogen (secondary N) is 2. The molecule has 8 nitrogen and oxygen atoms in total. The predicted molar refractivity (Wildman–Crippen MR) is 198 cm³/mol. The van der Waals surface area contributed by atoms with E-state index in [-0.39, 0.29) is 23.6 Å². The molecule has 6 rings (SSSR count). The Morgan fingerprint density at radius 3 is 1.38 bits per heavy atom. The van der Waals surface area contributed by atoms with Gasteiger partial charge >= 0.3 is 0 Å². The van der Waals surface area contributed by atoms with Crippen molar-refractivity contribution in [1.29, 1.82) is 0 Å². The second-order valence-corrected chi connectivity index (χ2v) is 13.3. The second-order valence-electron chi connectivity index (χ2n) is 13.3. The third kappa shape index (κ3) is 8.37. The fourth-order valence-electron chi connectivity index (χ4n) is 6.91. The van der Waals surface area contributed by atoms with Crippen molar-refractivity contribution >= 4 is 47.2 Å². The van der Waals surface area contributed by atoms with Crippen LogP contribution in [0.15, 0.2) is 97.1 Å². The highest BCUT2D eigenvalue weighted by Gasteiger charge is 2.35. The van der Waals surface area contributed by atoms with E-state index in [2.05, 4.69) is 10.6 Å². The molecule has 2 heterocycles. The van der Waals surface area contributed by atoms with Gasteiger partial charge in [-0.15, -0.1) is 0 Å². The van der Waals surface area contributed by atoms with Gasteiger partial charge in [0, 0.05) is 24.5 Å². The van der Waals surface area contributed by atoms with Crippen LogP contribution in [0.1, 0.15) is 59.1 Å². The number of rotatable bonds is 10. The van der Waals surface area contributed by atoms with Gasteiger partial charge in [0.2, 0.25) is 23.6 Å². The molecule has 0 saturated carbocycles. The summed E-state index contributed by atoms with van der Waals surface area (Å²) >= 11 is 0. The molecule has 0 aromatic heterocycles. The zero-order valence-corrected chi connectivity index (χ0v) is 28.7. The minimum absolute atomic E-state index is 0.0248. The Bertz CT molecular complexity index is 1750. The Hall–Kier alpha value is -5.50. The summed E-state index contributed by atoms with van der Waals surface area (Å²) in [4.78, 5) is 56.0. The van der Waals surface area contributed by atoms with Crippen molar-refractivity contribution in [2.24, 2.45) is 0 Å². The summed E-state index contributed by atoms with van der Waals surface area (Å²) in [6, 6.07) is 30.1. The van der Waals surface area contributed by atoms with Crippen LogP contribution in [0.4, 0.5) is 11.4 Å². The normalized spacial score (nSPS) is 17.2. The van der Waals surface area contributed by atoms with Gasteiger partial charge < -0.3 is 20.4 Å². The molecule has 2 aliphatic heterocycles. The number of carbonyl (C=O) groups is 4. The lowest BCUT2D eigenvalue weighted by atomic mass is 10.1. The number of anilines is 2. The molecule has 0 bridgehead atoms. The molecule has 4 aromatic carbocycles. The van der Waals surface area contributed by atoms with E-state index in [9.17, 15) is 19.2 Å². The van der Waals surface area contributed by atoms with Crippen molar-refractivity contribution in [3.8, 4) is 0 Å². The number of aryl methyl sites for hydroxylation is 2. The first-order chi connectivity index (χ1) is 24.2. The molecular weight excluding hydrogens is 624 g/mol. The van der Waals surface area contributed by atoms with Gasteiger partial charge in [-0.05, 0) is 97.2 Å². The van der Waals surface area contributed by atoms with Crippen LogP contribution in [-0.2, 0) is 32.0 Å². The largest absolute Gasteiger partial charge is 0.330 e. The number of hydrogen-bond donors (Lipinski definition) is 2. The van der Waals surface area contributed by atoms with Crippen LogP contribution in [0.5, 0.6) is 0 Å². The summed E-state index contributed by atoms with van der Waals surface area (Å²) < 4.78 is 0. The third-order valence-electron chi connectivity index (χ3n) is 9.63. The highest BCUT2D eigenvalue weighted by Crippen LogP contribution is 2.25. The molecule has 2 fully saturated rings. The molecule has 8 heteroatoms. The molecule has 2 saturated heterocycles. The number of likely N-dealkylation sites (tertiary alicyclic amines) is 2. The molecule has 2 aliphatic rings. The second kappa shape index (κ2) is 15.8. The Balaban J connectivity index is 1.03. The van der Waals surface area contributed by atoms with Crippen molar-refractivity contribution in [2.45, 2.75) is 64.5 Å². The van der Waals surface area contributed by atoms with Crippen LogP contribution in [-0.4, -0.2) is 58.6 Å². The van der Waals surface area contributed by atoms with Crippen LogP contribution in [0.25, 0.3) is 12.2 Å². The molecule has 4 aromatic rings. The third-order valence-corrected chi connectivity index (χ3v) is 9.63. The maximum absolute atomic E-state index is 13.3. The molecule has 0 aliphatic carbocycles. The minimum Gasteiger partial charge on any atom is -0.330 e. The molecule has 256 valence electrons. The molecule has 2 atom stereocenters. The highest BCUT2D eigenvalue weighted by molar-refractivity contribution is 5.99. The first-order valence-electron chi connectivity index (χ1n) is 17.4. The van der Waals surface area contributed by atoms with Gasteiger partial charge in [-0.25, -0.2) is 0 Å². The molecule has 2 N–H and O–H groups in total. The summed E-state index contributed by atoms with van der Waals surface area (Å²) in [7, 11) is 0. The number of hydrogen-bond acceptors (Lipinski definition) is 4. The smallest absolute Gasteiger partial charge is 0.247 e. The Morgan fingerprint density at radius 1 is 0.600 bits per heavy atom. The van der Waals surface area contributed by atoms with Gasteiger partial charge in [0.25, 0.3) is 0 Å². The molecule has 4 amide bonds. The van der Waals surface area contributed by atoms with E-state index in [4.69, 9.17) is 0 Å². The SMILES string of the molecule is Cc1cc(/C=C/c2ccc(NC(=O)[C@@H]3CCCN3C(=O)Cc3ccccc3)c(C)c2)ccc1NC(=O)[C@@H]1CCCN1C(=O)Cc1ccccc1. The lowest BCUT2D eigenvalue weighted by molar-refractivity contribution is -0.136. The Morgan fingerprint density at radius 2 is 1.00 bits per heavy atom. The van der Waals surface area contributed by atoms with Crippen LogP contribution in [0.3, 0.4) is 0 Å². The molecule has 50 heavy (non-hydrogen) atoms. The van der Waals surface area contributed by atoms with E-state index >= 15 is 0 Å². The van der Waals surface area contributed by atoms with Crippen molar-refractivity contribution in [3.63, 3.8) is 0 Å². The van der Waals surface area contributed by atoms with E-state index in [0.717, 1.165) is 57.6 Å². The zero-order chi connectivity index (χ0) is 35.0. The fourth-order valence-corrected chi connectivity index (χ4v) is 6.91. The summed E-state index contributed by atoms with van der Waals surface area (Å²) in [5.41, 5.74) is 7.17. The maximum atomic E-state index is 13.3. The zero-order valence-electron chi connectivity index (χ0n) is 28.7. The number of carbonyl (C=O) groups excluding carboxylic acids is 4. The summed E-state index contributed by atoms with van der Waals surface area (Å²) in [6.07, 6.45) is 7.54. The maximum Gasteiger partial charge on any atom is 0.247 e. The van der Waals surface area contributed by atoms with E-state index in [1.165, 1.54) is 0 Å². The lowest BCUT2D eigenvalue weighted by Gasteiger charge is -2.24. The summed E-state index contributed by atoms with van der Waals surface area (Å²) in [6.45, 7) is 5.10. The van der Waals surface area contributed by atoms with Crippen molar-refractivity contribution in [1.82, 2.24) is 9.80 Å². The summed E-state index contributed by atoms with van der Waals surface area (Å²) in [5, 5.41) is 6.12. The summed E-state index contributed by atoms with van der Waals surface area (Å²) in [5.74, 6) is -0.360. The van der Waals surface area contributed by atoms with E-state index in [1.54, 1.807) is 9.80 Å². The van der Waals surface area contributed by atoms with Gasteiger partial charge in [-0.3, -0.25) is 19.2 Å². The standard InChI is InChI=1S/C42H44N4O4/c1-29-25-33(19-21-35(29)43-41(49)37-15-9-23-45(37)39(47)27-31-11-5-3-6-12-31)17-18-34-20-22-36(30(2)26-34)44-42(50)38-16-10-24-46(38)40(48)28-32-13-7-4-8-14-32/h3-8,11-14,17-22,25-26,37-38H,9-10,15-16,23-24,27-28H2,1-2H3,(H,43,49)(H,44,50)/b18-17+/t37-,38-/m0/s1. The molecule has 0 radical (unpaired) electrons. The van der Waals surface area contributed by atoms with Crippen LogP contribution in [0, 0.1) is 13.8 Å². The van der Waals surface area contributed by atoms with Gasteiger partial charge in [-0.2, -0.15) is 0 Å². The van der Waals surface area contributed by atoms with E-state index < -0.39 is 12.1 Å². The van der Waals surface area contributed by atoms with Gasteiger partial charge in [-0.1, -0.05) is 84.9 Å². The van der Waals surface area contributed by atoms with Crippen LogP contribution < -0.4 is 10.6 Å². The topological polar surface area (TPSA) is 98.8 Å². The van der Waals surface area contributed by atoms with Crippen LogP contribution >= 0.6 is 0 Å². The van der Waals surface area contributed by atoms with E-state index in [1.807, 2.05) is 123 Å². The minimum atomic E-state index is -0.472. The average molecular weight is 669 g/mol. The monoisotopic (exact) mass is 668 g/mol. The predicted octanol–water partition coefficient (Wildman–Crippen LogP) is 6.82. The molecule has 0 spiro atoms. The molecular formula is C42H44N4O4. The quantitative estimate of drug-likeness (QED) is 0.181. The molecule has 0 unspecified atom stereocenters. The van der Waals surface area contributed by atoms with Crippen molar-refractivity contribution in [2.75, 3.05) is 23.7 Å². The fraction of sp³-hybridized carbons (Fsp3) is 0.286.